The maximum atomic E-state index is 13.4. The highest BCUT2D eigenvalue weighted by Gasteiger charge is 2.39. The normalized spacial score (nSPS) is 12.0. The molecule has 2 rings (SSSR count). The predicted octanol–water partition coefficient (Wildman–Crippen LogP) is 2.60. The molecule has 1 atom stereocenters. The standard InChI is InChI=1S/C22H25NO5/c1-22(16-10-6-4-7-11-16,17-12-8-5-9-13-17)21(26)23-18(20(25)28-3)14-15-19(24)27-2/h4-13,18H,14-15H2,1-3H3,(H,23,26)/t18-/m1/s1. The molecule has 0 aliphatic rings. The number of esters is 2. The van der Waals surface area contributed by atoms with Crippen LogP contribution in [0.3, 0.4) is 0 Å². The summed E-state index contributed by atoms with van der Waals surface area (Å²) in [5, 5.41) is 2.76. The lowest BCUT2D eigenvalue weighted by atomic mass is 9.75. The molecule has 6 heteroatoms. The molecule has 0 bridgehead atoms. The van der Waals surface area contributed by atoms with Gasteiger partial charge in [-0.25, -0.2) is 4.79 Å². The first-order valence-electron chi connectivity index (χ1n) is 9.00. The minimum atomic E-state index is -1.03. The predicted molar refractivity (Wildman–Crippen MR) is 105 cm³/mol. The van der Waals surface area contributed by atoms with E-state index in [0.717, 1.165) is 11.1 Å². The van der Waals surface area contributed by atoms with E-state index in [0.29, 0.717) is 0 Å². The largest absolute Gasteiger partial charge is 0.469 e. The van der Waals surface area contributed by atoms with Gasteiger partial charge in [0.05, 0.1) is 19.6 Å². The molecule has 1 amide bonds. The van der Waals surface area contributed by atoms with Crippen molar-refractivity contribution in [3.05, 3.63) is 71.8 Å². The summed E-state index contributed by atoms with van der Waals surface area (Å²) in [7, 11) is 2.52. The van der Waals surface area contributed by atoms with Crippen molar-refractivity contribution in [1.82, 2.24) is 5.32 Å². The number of methoxy groups -OCH3 is 2. The number of ether oxygens (including phenoxy) is 2. The summed E-state index contributed by atoms with van der Waals surface area (Å²) in [5.74, 6) is -1.43. The first-order chi connectivity index (χ1) is 13.4. The quantitative estimate of drug-likeness (QED) is 0.709. The number of amides is 1. The first kappa shape index (κ1) is 21.2. The third kappa shape index (κ3) is 4.76. The molecule has 0 saturated carbocycles. The summed E-state index contributed by atoms with van der Waals surface area (Å²) in [6.45, 7) is 1.81. The highest BCUT2D eigenvalue weighted by Crippen LogP contribution is 2.32. The molecular weight excluding hydrogens is 358 g/mol. The zero-order valence-corrected chi connectivity index (χ0v) is 16.3. The van der Waals surface area contributed by atoms with Gasteiger partial charge in [0.2, 0.25) is 5.91 Å². The highest BCUT2D eigenvalue weighted by molar-refractivity contribution is 5.94. The van der Waals surface area contributed by atoms with Crippen LogP contribution in [0.2, 0.25) is 0 Å². The fourth-order valence-electron chi connectivity index (χ4n) is 3.03. The summed E-state index contributed by atoms with van der Waals surface area (Å²) in [6, 6.07) is 17.7. The van der Waals surface area contributed by atoms with Gasteiger partial charge in [-0.05, 0) is 24.5 Å². The minimum Gasteiger partial charge on any atom is -0.469 e. The second-order valence-corrected chi connectivity index (χ2v) is 6.52. The molecule has 0 aliphatic heterocycles. The molecule has 1 N–H and O–H groups in total. The molecule has 0 unspecified atom stereocenters. The van der Waals surface area contributed by atoms with Crippen LogP contribution < -0.4 is 5.32 Å². The molecule has 28 heavy (non-hydrogen) atoms. The zero-order valence-electron chi connectivity index (χ0n) is 16.3. The van der Waals surface area contributed by atoms with Crippen LogP contribution in [0.1, 0.15) is 30.9 Å². The van der Waals surface area contributed by atoms with E-state index >= 15 is 0 Å². The molecule has 2 aromatic rings. The van der Waals surface area contributed by atoms with Crippen LogP contribution in [0, 0.1) is 0 Å². The topological polar surface area (TPSA) is 81.7 Å². The van der Waals surface area contributed by atoms with Gasteiger partial charge in [0.1, 0.15) is 6.04 Å². The maximum Gasteiger partial charge on any atom is 0.328 e. The van der Waals surface area contributed by atoms with Crippen LogP contribution in [0.25, 0.3) is 0 Å². The van der Waals surface area contributed by atoms with E-state index in [1.54, 1.807) is 0 Å². The second kappa shape index (κ2) is 9.69. The lowest BCUT2D eigenvalue weighted by Gasteiger charge is -2.31. The number of carbonyl (C=O) groups excluding carboxylic acids is 3. The van der Waals surface area contributed by atoms with E-state index in [9.17, 15) is 14.4 Å². The Balaban J connectivity index is 2.36. The van der Waals surface area contributed by atoms with Crippen molar-refractivity contribution in [2.24, 2.45) is 0 Å². The van der Waals surface area contributed by atoms with Crippen molar-refractivity contribution in [3.63, 3.8) is 0 Å². The Kier molecular flexibility index (Phi) is 7.32. The number of benzene rings is 2. The molecule has 6 nitrogen and oxygen atoms in total. The Morgan fingerprint density at radius 3 is 1.82 bits per heavy atom. The summed E-state index contributed by atoms with van der Waals surface area (Å²) >= 11 is 0. The van der Waals surface area contributed by atoms with Crippen molar-refractivity contribution in [2.45, 2.75) is 31.2 Å². The molecule has 0 spiro atoms. The molecule has 0 fully saturated rings. The van der Waals surface area contributed by atoms with Gasteiger partial charge in [-0.2, -0.15) is 0 Å². The van der Waals surface area contributed by atoms with E-state index in [4.69, 9.17) is 4.74 Å². The lowest BCUT2D eigenvalue weighted by molar-refractivity contribution is -0.147. The Morgan fingerprint density at radius 2 is 1.39 bits per heavy atom. The Bertz CT molecular complexity index is 765. The van der Waals surface area contributed by atoms with Crippen LogP contribution in [0.15, 0.2) is 60.7 Å². The first-order valence-corrected chi connectivity index (χ1v) is 9.00. The number of carbonyl (C=O) groups is 3. The highest BCUT2D eigenvalue weighted by atomic mass is 16.5. The van der Waals surface area contributed by atoms with Crippen molar-refractivity contribution < 1.29 is 23.9 Å². The van der Waals surface area contributed by atoms with E-state index in [-0.39, 0.29) is 18.7 Å². The van der Waals surface area contributed by atoms with E-state index in [1.807, 2.05) is 67.6 Å². The molecule has 2 aromatic carbocycles. The van der Waals surface area contributed by atoms with Gasteiger partial charge in [-0.1, -0.05) is 60.7 Å². The van der Waals surface area contributed by atoms with Crippen molar-refractivity contribution >= 4 is 17.8 Å². The molecule has 0 radical (unpaired) electrons. The molecule has 0 saturated heterocycles. The van der Waals surface area contributed by atoms with E-state index in [2.05, 4.69) is 10.1 Å². The summed E-state index contributed by atoms with van der Waals surface area (Å²) in [4.78, 5) is 37.0. The number of hydrogen-bond donors (Lipinski definition) is 1. The third-order valence-electron chi connectivity index (χ3n) is 4.81. The lowest BCUT2D eigenvalue weighted by Crippen LogP contribution is -2.50. The summed E-state index contributed by atoms with van der Waals surface area (Å²) in [5.41, 5.74) is 0.547. The number of nitrogens with one attached hydrogen (secondary N) is 1. The van der Waals surface area contributed by atoms with Crippen molar-refractivity contribution in [1.29, 1.82) is 0 Å². The van der Waals surface area contributed by atoms with Gasteiger partial charge < -0.3 is 14.8 Å². The van der Waals surface area contributed by atoms with Gasteiger partial charge >= 0.3 is 11.9 Å². The number of hydrogen-bond acceptors (Lipinski definition) is 5. The minimum absolute atomic E-state index is 0.00999. The monoisotopic (exact) mass is 383 g/mol. The van der Waals surface area contributed by atoms with Gasteiger partial charge in [0.25, 0.3) is 0 Å². The van der Waals surface area contributed by atoms with Gasteiger partial charge in [-0.3, -0.25) is 9.59 Å². The van der Waals surface area contributed by atoms with Crippen molar-refractivity contribution in [3.8, 4) is 0 Å². The molecule has 0 aliphatic carbocycles. The van der Waals surface area contributed by atoms with Gasteiger partial charge in [0.15, 0.2) is 0 Å². The zero-order chi connectivity index (χ0) is 20.6. The fourth-order valence-corrected chi connectivity index (χ4v) is 3.03. The smallest absolute Gasteiger partial charge is 0.328 e. The van der Waals surface area contributed by atoms with Gasteiger partial charge in [-0.15, -0.1) is 0 Å². The Labute approximate surface area is 164 Å². The third-order valence-corrected chi connectivity index (χ3v) is 4.81. The molecule has 148 valence electrons. The van der Waals surface area contributed by atoms with Crippen LogP contribution in [0.5, 0.6) is 0 Å². The van der Waals surface area contributed by atoms with Crippen LogP contribution in [-0.2, 0) is 29.3 Å². The van der Waals surface area contributed by atoms with Crippen LogP contribution >= 0.6 is 0 Å². The number of rotatable bonds is 8. The Hall–Kier alpha value is -3.15. The Morgan fingerprint density at radius 1 is 0.893 bits per heavy atom. The summed E-state index contributed by atoms with van der Waals surface area (Å²) in [6.07, 6.45) is 0.0781. The summed E-state index contributed by atoms with van der Waals surface area (Å²) < 4.78 is 9.42. The average Bonchev–Trinajstić information content (AvgIpc) is 2.76. The van der Waals surface area contributed by atoms with Gasteiger partial charge in [0, 0.05) is 6.42 Å². The van der Waals surface area contributed by atoms with Crippen molar-refractivity contribution in [2.75, 3.05) is 14.2 Å². The van der Waals surface area contributed by atoms with Crippen LogP contribution in [-0.4, -0.2) is 38.1 Å². The maximum absolute atomic E-state index is 13.4. The SMILES string of the molecule is COC(=O)CC[C@@H](NC(=O)C(C)(c1ccccc1)c1ccccc1)C(=O)OC. The molecule has 0 aromatic heterocycles. The second-order valence-electron chi connectivity index (χ2n) is 6.52. The molecule has 0 heterocycles. The molecular formula is C22H25NO5. The fraction of sp³-hybridized carbons (Fsp3) is 0.318. The van der Waals surface area contributed by atoms with Crippen LogP contribution in [0.4, 0.5) is 0 Å². The van der Waals surface area contributed by atoms with E-state index in [1.165, 1.54) is 14.2 Å². The van der Waals surface area contributed by atoms with E-state index < -0.39 is 23.4 Å². The average molecular weight is 383 g/mol.